The van der Waals surface area contributed by atoms with Crippen LogP contribution in [0.25, 0.3) is 5.76 Å². The zero-order chi connectivity index (χ0) is 11.1. The van der Waals surface area contributed by atoms with Gasteiger partial charge in [-0.05, 0) is 25.1 Å². The first-order valence-electron chi connectivity index (χ1n) is 4.43. The molecule has 0 unspecified atom stereocenters. The van der Waals surface area contributed by atoms with E-state index in [1.54, 1.807) is 25.1 Å². The third kappa shape index (κ3) is 3.34. The summed E-state index contributed by atoms with van der Waals surface area (Å²) in [5, 5.41) is 0. The molecule has 0 bridgehead atoms. The minimum atomic E-state index is -0.778. The molecule has 15 heavy (non-hydrogen) atoms. The first-order chi connectivity index (χ1) is 7.27. The van der Waals surface area contributed by atoms with E-state index in [2.05, 4.69) is 11.3 Å². The van der Waals surface area contributed by atoms with Crippen molar-refractivity contribution in [3.63, 3.8) is 0 Å². The lowest BCUT2D eigenvalue weighted by molar-refractivity contribution is 0.0994. The molecule has 0 radical (unpaired) electrons. The van der Waals surface area contributed by atoms with Crippen molar-refractivity contribution < 1.29 is 18.7 Å². The molecule has 1 aromatic rings. The van der Waals surface area contributed by atoms with Gasteiger partial charge in [0.1, 0.15) is 6.61 Å². The van der Waals surface area contributed by atoms with E-state index in [4.69, 9.17) is 9.15 Å². The maximum atomic E-state index is 11.1. The van der Waals surface area contributed by atoms with E-state index in [0.717, 1.165) is 0 Å². The molecule has 0 amide bonds. The van der Waals surface area contributed by atoms with Crippen molar-refractivity contribution in [1.29, 1.82) is 0 Å². The summed E-state index contributed by atoms with van der Waals surface area (Å²) < 4.78 is 14.6. The van der Waals surface area contributed by atoms with Crippen LogP contribution in [0, 0.1) is 0 Å². The zero-order valence-electron chi connectivity index (χ0n) is 8.43. The standard InChI is InChI=1S/C11H12O4/c1-3-7-14-11(12)15-9(4-2)10-6-5-8-13-10/h3-6,8H,1,7H2,2H3/b9-4-. The van der Waals surface area contributed by atoms with Crippen molar-refractivity contribution in [3.05, 3.63) is 42.9 Å². The van der Waals surface area contributed by atoms with Gasteiger partial charge in [0.25, 0.3) is 0 Å². The fourth-order valence-corrected chi connectivity index (χ4v) is 0.916. The molecule has 1 heterocycles. The van der Waals surface area contributed by atoms with Crippen LogP contribution in [-0.2, 0) is 9.47 Å². The molecule has 0 spiro atoms. The van der Waals surface area contributed by atoms with Crippen LogP contribution in [0.15, 0.2) is 41.5 Å². The molecule has 1 aromatic heterocycles. The van der Waals surface area contributed by atoms with Crippen LogP contribution >= 0.6 is 0 Å². The molecule has 80 valence electrons. The number of carbonyl (C=O) groups is 1. The van der Waals surface area contributed by atoms with Gasteiger partial charge in [-0.25, -0.2) is 4.79 Å². The molecule has 4 nitrogen and oxygen atoms in total. The monoisotopic (exact) mass is 208 g/mol. The first kappa shape index (κ1) is 11.1. The molecule has 1 rings (SSSR count). The molecule has 0 N–H and O–H groups in total. The molecule has 0 atom stereocenters. The van der Waals surface area contributed by atoms with Gasteiger partial charge in [-0.2, -0.15) is 0 Å². The number of allylic oxidation sites excluding steroid dienone is 1. The summed E-state index contributed by atoms with van der Waals surface area (Å²) in [5.74, 6) is 0.808. The van der Waals surface area contributed by atoms with E-state index in [9.17, 15) is 4.79 Å². The van der Waals surface area contributed by atoms with Crippen molar-refractivity contribution in [2.75, 3.05) is 6.61 Å². The highest BCUT2D eigenvalue weighted by Gasteiger charge is 2.11. The van der Waals surface area contributed by atoms with Gasteiger partial charge in [0.05, 0.1) is 6.26 Å². The van der Waals surface area contributed by atoms with Crippen LogP contribution in [-0.4, -0.2) is 12.8 Å². The average Bonchev–Trinajstić information content (AvgIpc) is 2.76. The summed E-state index contributed by atoms with van der Waals surface area (Å²) in [6.45, 7) is 5.27. The predicted octanol–water partition coefficient (Wildman–Crippen LogP) is 2.98. The van der Waals surface area contributed by atoms with Gasteiger partial charge in [-0.15, -0.1) is 0 Å². The van der Waals surface area contributed by atoms with Gasteiger partial charge < -0.3 is 13.9 Å². The summed E-state index contributed by atoms with van der Waals surface area (Å²) in [7, 11) is 0. The molecule has 4 heteroatoms. The number of carbonyl (C=O) groups excluding carboxylic acids is 1. The van der Waals surface area contributed by atoms with Crippen LogP contribution in [0.1, 0.15) is 12.7 Å². The number of ether oxygens (including phenoxy) is 2. The van der Waals surface area contributed by atoms with Crippen molar-refractivity contribution in [1.82, 2.24) is 0 Å². The normalized spacial score (nSPS) is 10.9. The third-order valence-corrected chi connectivity index (χ3v) is 1.54. The maximum absolute atomic E-state index is 11.1. The highest BCUT2D eigenvalue weighted by molar-refractivity contribution is 5.71. The average molecular weight is 208 g/mol. The largest absolute Gasteiger partial charge is 0.514 e. The van der Waals surface area contributed by atoms with E-state index in [-0.39, 0.29) is 6.61 Å². The zero-order valence-corrected chi connectivity index (χ0v) is 8.43. The fourth-order valence-electron chi connectivity index (χ4n) is 0.916. The molecule has 0 fully saturated rings. The molecular weight excluding hydrogens is 196 g/mol. The smallest absolute Gasteiger partial charge is 0.461 e. The Morgan fingerprint density at radius 3 is 3.00 bits per heavy atom. The Kier molecular flexibility index (Phi) is 4.22. The third-order valence-electron chi connectivity index (χ3n) is 1.54. The van der Waals surface area contributed by atoms with Gasteiger partial charge in [-0.1, -0.05) is 12.7 Å². The van der Waals surface area contributed by atoms with Crippen LogP contribution in [0.2, 0.25) is 0 Å². The van der Waals surface area contributed by atoms with Crippen molar-refractivity contribution in [2.24, 2.45) is 0 Å². The summed E-state index contributed by atoms with van der Waals surface area (Å²) in [6, 6.07) is 3.40. The lowest BCUT2D eigenvalue weighted by atomic mass is 10.3. The van der Waals surface area contributed by atoms with E-state index < -0.39 is 6.16 Å². The lowest BCUT2D eigenvalue weighted by Gasteiger charge is -2.05. The first-order valence-corrected chi connectivity index (χ1v) is 4.43. The second kappa shape index (κ2) is 5.70. The second-order valence-corrected chi connectivity index (χ2v) is 2.58. The highest BCUT2D eigenvalue weighted by Crippen LogP contribution is 2.16. The summed E-state index contributed by atoms with van der Waals surface area (Å²) >= 11 is 0. The number of furan rings is 1. The fraction of sp³-hybridized carbons (Fsp3) is 0.182. The SMILES string of the molecule is C=CCOC(=O)O/C(=C\C)c1ccco1. The summed E-state index contributed by atoms with van der Waals surface area (Å²) in [4.78, 5) is 11.1. The summed E-state index contributed by atoms with van der Waals surface area (Å²) in [5.41, 5.74) is 0. The van der Waals surface area contributed by atoms with Gasteiger partial charge in [0, 0.05) is 0 Å². The van der Waals surface area contributed by atoms with E-state index in [1.165, 1.54) is 12.3 Å². The van der Waals surface area contributed by atoms with Crippen molar-refractivity contribution in [2.45, 2.75) is 6.92 Å². The van der Waals surface area contributed by atoms with Crippen LogP contribution in [0.5, 0.6) is 0 Å². The molecule has 0 aliphatic heterocycles. The minimum Gasteiger partial charge on any atom is -0.461 e. The highest BCUT2D eigenvalue weighted by atomic mass is 16.7. The number of hydrogen-bond acceptors (Lipinski definition) is 4. The van der Waals surface area contributed by atoms with Crippen LogP contribution < -0.4 is 0 Å². The number of rotatable bonds is 4. The Labute approximate surface area is 87.8 Å². The Balaban J connectivity index is 2.56. The van der Waals surface area contributed by atoms with Gasteiger partial charge in [-0.3, -0.25) is 0 Å². The van der Waals surface area contributed by atoms with Crippen LogP contribution in [0.3, 0.4) is 0 Å². The lowest BCUT2D eigenvalue weighted by Crippen LogP contribution is -2.06. The Hall–Kier alpha value is -1.97. The quantitative estimate of drug-likeness (QED) is 0.433. The molecule has 0 saturated carbocycles. The van der Waals surface area contributed by atoms with E-state index in [0.29, 0.717) is 11.5 Å². The van der Waals surface area contributed by atoms with Gasteiger partial charge in [0.15, 0.2) is 11.5 Å². The van der Waals surface area contributed by atoms with Crippen molar-refractivity contribution in [3.8, 4) is 0 Å². The molecular formula is C11H12O4. The molecule has 0 aliphatic carbocycles. The molecule has 0 saturated heterocycles. The number of hydrogen-bond donors (Lipinski definition) is 0. The topological polar surface area (TPSA) is 48.7 Å². The van der Waals surface area contributed by atoms with Gasteiger partial charge in [0.2, 0.25) is 0 Å². The maximum Gasteiger partial charge on any atom is 0.514 e. The Morgan fingerprint density at radius 1 is 1.67 bits per heavy atom. The Morgan fingerprint density at radius 2 is 2.47 bits per heavy atom. The summed E-state index contributed by atoms with van der Waals surface area (Å²) in [6.07, 6.45) is 3.80. The Bertz CT molecular complexity index is 349. The second-order valence-electron chi connectivity index (χ2n) is 2.58. The van der Waals surface area contributed by atoms with Gasteiger partial charge >= 0.3 is 6.16 Å². The van der Waals surface area contributed by atoms with E-state index >= 15 is 0 Å². The minimum absolute atomic E-state index is 0.119. The van der Waals surface area contributed by atoms with Crippen LogP contribution in [0.4, 0.5) is 4.79 Å². The predicted molar refractivity (Wildman–Crippen MR) is 55.0 cm³/mol. The molecule has 0 aromatic carbocycles. The van der Waals surface area contributed by atoms with Crippen molar-refractivity contribution >= 4 is 11.9 Å². The van der Waals surface area contributed by atoms with E-state index in [1.807, 2.05) is 0 Å². The molecule has 0 aliphatic rings.